The standard InChI is InChI=1S/C16H36N.C2H3N.H2O/c1-5-9-13-17(14-10-6-2,15-11-7-3)16-12-8-4;1-2-3;/h5-16H2,1-4H3;1H3;1H2/q+1;;/p-1. The molecule has 0 aliphatic rings. The molecule has 0 saturated heterocycles. The van der Waals surface area contributed by atoms with Crippen LogP contribution in [0.25, 0.3) is 0 Å². The smallest absolute Gasteiger partial charge is 0.0786 e. The second-order valence-corrected chi connectivity index (χ2v) is 5.87. The quantitative estimate of drug-likeness (QED) is 0.456. The van der Waals surface area contributed by atoms with Crippen LogP contribution in [0.2, 0.25) is 0 Å². The number of hydrogen-bond acceptors (Lipinski definition) is 2. The summed E-state index contributed by atoms with van der Waals surface area (Å²) in [4.78, 5) is 0. The van der Waals surface area contributed by atoms with Crippen molar-refractivity contribution >= 4 is 0 Å². The van der Waals surface area contributed by atoms with Gasteiger partial charge in [0, 0.05) is 6.92 Å². The van der Waals surface area contributed by atoms with Crippen LogP contribution >= 0.6 is 0 Å². The first-order valence-corrected chi connectivity index (χ1v) is 8.82. The van der Waals surface area contributed by atoms with E-state index in [9.17, 15) is 0 Å². The van der Waals surface area contributed by atoms with Crippen LogP contribution in [0.4, 0.5) is 0 Å². The third kappa shape index (κ3) is 15.6. The molecule has 0 unspecified atom stereocenters. The summed E-state index contributed by atoms with van der Waals surface area (Å²) < 4.78 is 1.42. The van der Waals surface area contributed by atoms with Gasteiger partial charge in [-0.25, -0.2) is 0 Å². The zero-order valence-corrected chi connectivity index (χ0v) is 15.3. The van der Waals surface area contributed by atoms with Crippen LogP contribution in [0.1, 0.15) is 86.0 Å². The molecular weight excluding hydrogens is 260 g/mol. The zero-order chi connectivity index (χ0) is 15.7. The summed E-state index contributed by atoms with van der Waals surface area (Å²) in [5.74, 6) is 0. The van der Waals surface area contributed by atoms with Crippen LogP contribution in [-0.4, -0.2) is 36.1 Å². The van der Waals surface area contributed by atoms with E-state index >= 15 is 0 Å². The SMILES string of the molecule is CC#N.CCCC[N+](CCCC)(CCCC)CCCC.[OH-]. The Morgan fingerprint density at radius 3 is 1.00 bits per heavy atom. The van der Waals surface area contributed by atoms with Gasteiger partial charge in [0.05, 0.1) is 32.2 Å². The summed E-state index contributed by atoms with van der Waals surface area (Å²) in [5.41, 5.74) is 0. The van der Waals surface area contributed by atoms with Crippen LogP contribution in [0.3, 0.4) is 0 Å². The van der Waals surface area contributed by atoms with E-state index in [1.54, 1.807) is 6.07 Å². The summed E-state index contributed by atoms with van der Waals surface area (Å²) in [6.45, 7) is 16.4. The molecule has 0 amide bonds. The number of hydrogen-bond donors (Lipinski definition) is 0. The van der Waals surface area contributed by atoms with E-state index < -0.39 is 0 Å². The molecule has 21 heavy (non-hydrogen) atoms. The lowest BCUT2D eigenvalue weighted by atomic mass is 10.1. The summed E-state index contributed by atoms with van der Waals surface area (Å²) in [5, 5.41) is 7.32. The van der Waals surface area contributed by atoms with Crippen molar-refractivity contribution in [1.82, 2.24) is 0 Å². The largest absolute Gasteiger partial charge is 0.870 e. The van der Waals surface area contributed by atoms with Crippen molar-refractivity contribution in [2.75, 3.05) is 26.2 Å². The van der Waals surface area contributed by atoms with Crippen molar-refractivity contribution in [2.45, 2.75) is 86.0 Å². The zero-order valence-electron chi connectivity index (χ0n) is 15.3. The van der Waals surface area contributed by atoms with Crippen LogP contribution in [-0.2, 0) is 0 Å². The van der Waals surface area contributed by atoms with Crippen LogP contribution in [0, 0.1) is 11.3 Å². The molecule has 0 aliphatic heterocycles. The molecule has 0 spiro atoms. The van der Waals surface area contributed by atoms with Crippen molar-refractivity contribution < 1.29 is 9.96 Å². The lowest BCUT2D eigenvalue weighted by Gasteiger charge is -2.39. The highest BCUT2D eigenvalue weighted by Crippen LogP contribution is 2.16. The van der Waals surface area contributed by atoms with Crippen LogP contribution in [0.15, 0.2) is 0 Å². The Bertz CT molecular complexity index is 186. The summed E-state index contributed by atoms with van der Waals surface area (Å²) in [6, 6.07) is 1.75. The third-order valence-corrected chi connectivity index (χ3v) is 3.94. The number of nitriles is 1. The van der Waals surface area contributed by atoms with Gasteiger partial charge >= 0.3 is 0 Å². The van der Waals surface area contributed by atoms with Gasteiger partial charge in [-0.15, -0.1) is 0 Å². The molecule has 0 aromatic heterocycles. The van der Waals surface area contributed by atoms with Gasteiger partial charge in [-0.1, -0.05) is 53.4 Å². The third-order valence-electron chi connectivity index (χ3n) is 3.94. The molecule has 3 nitrogen and oxygen atoms in total. The van der Waals surface area contributed by atoms with E-state index in [2.05, 4.69) is 27.7 Å². The highest BCUT2D eigenvalue weighted by atomic mass is 16.0. The number of quaternary nitrogens is 1. The Morgan fingerprint density at radius 2 is 0.857 bits per heavy atom. The van der Waals surface area contributed by atoms with Crippen molar-refractivity contribution in [3.8, 4) is 6.07 Å². The molecule has 0 radical (unpaired) electrons. The predicted molar refractivity (Wildman–Crippen MR) is 92.6 cm³/mol. The molecule has 3 heteroatoms. The summed E-state index contributed by atoms with van der Waals surface area (Å²) in [6.07, 6.45) is 11.1. The maximum atomic E-state index is 7.32. The van der Waals surface area contributed by atoms with Gasteiger partial charge in [-0.2, -0.15) is 5.26 Å². The first-order chi connectivity index (χ1) is 9.66. The van der Waals surface area contributed by atoms with E-state index in [0.717, 1.165) is 0 Å². The second-order valence-electron chi connectivity index (χ2n) is 5.87. The lowest BCUT2D eigenvalue weighted by Crippen LogP contribution is -2.50. The van der Waals surface area contributed by atoms with Gasteiger partial charge in [0.15, 0.2) is 0 Å². The van der Waals surface area contributed by atoms with E-state index in [0.29, 0.717) is 0 Å². The molecular formula is C18H40N2O. The van der Waals surface area contributed by atoms with Gasteiger partial charge in [0.1, 0.15) is 0 Å². The number of nitrogens with zero attached hydrogens (tertiary/aromatic N) is 2. The molecule has 0 heterocycles. The number of unbranched alkanes of at least 4 members (excludes halogenated alkanes) is 4. The first kappa shape index (κ1) is 25.4. The molecule has 1 N–H and O–H groups in total. The minimum absolute atomic E-state index is 0. The summed E-state index contributed by atoms with van der Waals surface area (Å²) in [7, 11) is 0. The molecule has 0 aromatic rings. The van der Waals surface area contributed by atoms with Crippen LogP contribution < -0.4 is 0 Å². The van der Waals surface area contributed by atoms with E-state index in [-0.39, 0.29) is 5.48 Å². The fraction of sp³-hybridized carbons (Fsp3) is 0.944. The van der Waals surface area contributed by atoms with Crippen molar-refractivity contribution in [2.24, 2.45) is 0 Å². The van der Waals surface area contributed by atoms with E-state index in [4.69, 9.17) is 5.26 Å². The molecule has 0 aromatic carbocycles. The Balaban J connectivity index is -0.000000740. The lowest BCUT2D eigenvalue weighted by molar-refractivity contribution is -0.929. The van der Waals surface area contributed by atoms with Crippen LogP contribution in [0.5, 0.6) is 0 Å². The monoisotopic (exact) mass is 300 g/mol. The normalized spacial score (nSPS) is 10.1. The molecule has 0 aliphatic carbocycles. The van der Waals surface area contributed by atoms with Gasteiger partial charge < -0.3 is 9.96 Å². The average Bonchev–Trinajstić information content (AvgIpc) is 2.46. The topological polar surface area (TPSA) is 53.8 Å². The molecule has 128 valence electrons. The maximum Gasteiger partial charge on any atom is 0.0786 e. The van der Waals surface area contributed by atoms with Gasteiger partial charge in [-0.05, 0) is 25.7 Å². The Labute approximate surface area is 134 Å². The van der Waals surface area contributed by atoms with Crippen molar-refractivity contribution in [3.05, 3.63) is 0 Å². The second kappa shape index (κ2) is 19.4. The first-order valence-electron chi connectivity index (χ1n) is 8.82. The fourth-order valence-corrected chi connectivity index (χ4v) is 2.64. The Kier molecular flexibility index (Phi) is 23.4. The maximum absolute atomic E-state index is 7.32. The highest BCUT2D eigenvalue weighted by Gasteiger charge is 2.24. The summed E-state index contributed by atoms with van der Waals surface area (Å²) >= 11 is 0. The van der Waals surface area contributed by atoms with Crippen molar-refractivity contribution in [3.63, 3.8) is 0 Å². The Hall–Kier alpha value is -0.590. The van der Waals surface area contributed by atoms with Gasteiger partial charge in [-0.3, -0.25) is 0 Å². The average molecular weight is 301 g/mol. The minimum Gasteiger partial charge on any atom is -0.870 e. The minimum atomic E-state index is 0. The van der Waals surface area contributed by atoms with Gasteiger partial charge in [0.2, 0.25) is 0 Å². The Morgan fingerprint density at radius 1 is 0.667 bits per heavy atom. The van der Waals surface area contributed by atoms with Crippen molar-refractivity contribution in [1.29, 1.82) is 5.26 Å². The molecule has 0 saturated carbocycles. The fourth-order valence-electron chi connectivity index (χ4n) is 2.64. The number of rotatable bonds is 12. The van der Waals surface area contributed by atoms with E-state index in [1.807, 2.05) is 0 Å². The van der Waals surface area contributed by atoms with Gasteiger partial charge in [0.25, 0.3) is 0 Å². The predicted octanol–water partition coefficient (Wildman–Crippen LogP) is 5.36. The molecule has 0 rings (SSSR count). The van der Waals surface area contributed by atoms with E-state index in [1.165, 1.54) is 89.0 Å². The highest BCUT2D eigenvalue weighted by molar-refractivity contribution is 4.51. The molecule has 0 bridgehead atoms. The molecule has 0 atom stereocenters. The molecule has 0 fully saturated rings.